The quantitative estimate of drug-likeness (QED) is 0.829. The molecule has 2 rings (SSSR count). The van der Waals surface area contributed by atoms with Gasteiger partial charge in [-0.2, -0.15) is 0 Å². The summed E-state index contributed by atoms with van der Waals surface area (Å²) in [5, 5.41) is 3.74. The number of nitrogens with zero attached hydrogens (tertiary/aromatic N) is 1. The summed E-state index contributed by atoms with van der Waals surface area (Å²) >= 11 is 0. The molecule has 2 fully saturated rings. The van der Waals surface area contributed by atoms with E-state index >= 15 is 0 Å². The Bertz CT molecular complexity index is 251. The van der Waals surface area contributed by atoms with E-state index in [2.05, 4.69) is 37.9 Å². The lowest BCUT2D eigenvalue weighted by atomic mass is 9.81. The highest BCUT2D eigenvalue weighted by Crippen LogP contribution is 2.33. The van der Waals surface area contributed by atoms with Gasteiger partial charge in [-0.25, -0.2) is 0 Å². The number of nitrogens with one attached hydrogen (secondary N) is 1. The highest BCUT2D eigenvalue weighted by atomic mass is 15.2. The van der Waals surface area contributed by atoms with E-state index < -0.39 is 0 Å². The second kappa shape index (κ2) is 6.38. The standard InChI is InChI=1S/C16H32N2/c1-5-17-15-8-6-7-9-16(15)18-11-12(2)10-13(3)14(18)4/h12-17H,5-11H2,1-4H3. The molecule has 1 heterocycles. The summed E-state index contributed by atoms with van der Waals surface area (Å²) in [6.07, 6.45) is 7.04. The minimum absolute atomic E-state index is 0.740. The lowest BCUT2D eigenvalue weighted by Gasteiger charge is -2.49. The molecule has 0 amide bonds. The molecule has 2 aliphatic rings. The van der Waals surface area contributed by atoms with Crippen molar-refractivity contribution in [1.82, 2.24) is 10.2 Å². The Morgan fingerprint density at radius 2 is 1.83 bits per heavy atom. The Kier molecular flexibility index (Phi) is 5.08. The predicted molar refractivity (Wildman–Crippen MR) is 78.8 cm³/mol. The summed E-state index contributed by atoms with van der Waals surface area (Å²) in [6.45, 7) is 12.0. The molecule has 0 bridgehead atoms. The molecule has 2 nitrogen and oxygen atoms in total. The van der Waals surface area contributed by atoms with Gasteiger partial charge in [0.15, 0.2) is 0 Å². The van der Waals surface area contributed by atoms with Crippen molar-refractivity contribution in [1.29, 1.82) is 0 Å². The first kappa shape index (κ1) is 14.3. The van der Waals surface area contributed by atoms with Crippen molar-refractivity contribution in [2.75, 3.05) is 13.1 Å². The van der Waals surface area contributed by atoms with Gasteiger partial charge >= 0.3 is 0 Å². The molecule has 2 heteroatoms. The number of hydrogen-bond donors (Lipinski definition) is 1. The van der Waals surface area contributed by atoms with Crippen LogP contribution in [0.15, 0.2) is 0 Å². The zero-order valence-corrected chi connectivity index (χ0v) is 12.8. The molecule has 1 saturated heterocycles. The van der Waals surface area contributed by atoms with Crippen molar-refractivity contribution in [3.8, 4) is 0 Å². The molecular weight excluding hydrogens is 220 g/mol. The minimum atomic E-state index is 0.740. The summed E-state index contributed by atoms with van der Waals surface area (Å²) in [6, 6.07) is 2.30. The van der Waals surface area contributed by atoms with Crippen LogP contribution in [0.2, 0.25) is 0 Å². The van der Waals surface area contributed by atoms with E-state index in [4.69, 9.17) is 0 Å². The fourth-order valence-electron chi connectivity index (χ4n) is 4.21. The molecule has 5 atom stereocenters. The Morgan fingerprint density at radius 1 is 1.11 bits per heavy atom. The molecule has 1 N–H and O–H groups in total. The van der Waals surface area contributed by atoms with Crippen molar-refractivity contribution in [2.45, 2.75) is 77.9 Å². The molecule has 1 aliphatic carbocycles. The van der Waals surface area contributed by atoms with Crippen molar-refractivity contribution in [3.05, 3.63) is 0 Å². The van der Waals surface area contributed by atoms with Gasteiger partial charge in [-0.3, -0.25) is 4.90 Å². The largest absolute Gasteiger partial charge is 0.313 e. The normalized spacial score (nSPS) is 43.0. The second-order valence-corrected chi connectivity index (χ2v) is 6.77. The van der Waals surface area contributed by atoms with Crippen LogP contribution in [-0.4, -0.2) is 36.1 Å². The molecule has 0 radical (unpaired) electrons. The van der Waals surface area contributed by atoms with Gasteiger partial charge in [0.25, 0.3) is 0 Å². The Labute approximate surface area is 114 Å². The van der Waals surface area contributed by atoms with Crippen LogP contribution in [0.1, 0.15) is 59.8 Å². The topological polar surface area (TPSA) is 15.3 Å². The van der Waals surface area contributed by atoms with E-state index in [0.717, 1.165) is 36.5 Å². The van der Waals surface area contributed by atoms with Crippen LogP contribution in [-0.2, 0) is 0 Å². The van der Waals surface area contributed by atoms with Crippen LogP contribution < -0.4 is 5.32 Å². The lowest BCUT2D eigenvalue weighted by molar-refractivity contribution is 0.0117. The fraction of sp³-hybridized carbons (Fsp3) is 1.00. The third-order valence-electron chi connectivity index (χ3n) is 5.27. The van der Waals surface area contributed by atoms with E-state index in [1.807, 2.05) is 0 Å². The zero-order valence-electron chi connectivity index (χ0n) is 12.8. The van der Waals surface area contributed by atoms with Crippen LogP contribution in [0, 0.1) is 11.8 Å². The fourth-order valence-corrected chi connectivity index (χ4v) is 4.21. The number of likely N-dealkylation sites (N-methyl/N-ethyl adjacent to an activating group) is 1. The first-order valence-electron chi connectivity index (χ1n) is 8.12. The van der Waals surface area contributed by atoms with Crippen LogP contribution in [0.5, 0.6) is 0 Å². The highest BCUT2D eigenvalue weighted by molar-refractivity contribution is 4.93. The molecule has 0 aromatic heterocycles. The maximum Gasteiger partial charge on any atom is 0.0252 e. The second-order valence-electron chi connectivity index (χ2n) is 6.77. The number of rotatable bonds is 3. The summed E-state index contributed by atoms with van der Waals surface area (Å²) in [5.41, 5.74) is 0. The molecule has 0 aromatic rings. The first-order chi connectivity index (χ1) is 8.63. The van der Waals surface area contributed by atoms with Gasteiger partial charge in [0, 0.05) is 24.7 Å². The third kappa shape index (κ3) is 3.08. The van der Waals surface area contributed by atoms with Gasteiger partial charge in [-0.1, -0.05) is 33.6 Å². The number of hydrogen-bond acceptors (Lipinski definition) is 2. The molecule has 5 unspecified atom stereocenters. The maximum atomic E-state index is 3.74. The maximum absolute atomic E-state index is 3.74. The summed E-state index contributed by atoms with van der Waals surface area (Å²) in [5.74, 6) is 1.73. The van der Waals surface area contributed by atoms with Crippen LogP contribution >= 0.6 is 0 Å². The summed E-state index contributed by atoms with van der Waals surface area (Å²) in [7, 11) is 0. The number of likely N-dealkylation sites (tertiary alicyclic amines) is 1. The van der Waals surface area contributed by atoms with Gasteiger partial charge in [-0.05, 0) is 44.6 Å². The van der Waals surface area contributed by atoms with Crippen molar-refractivity contribution in [2.24, 2.45) is 11.8 Å². The molecule has 0 aromatic carbocycles. The van der Waals surface area contributed by atoms with E-state index in [1.165, 1.54) is 38.6 Å². The summed E-state index contributed by atoms with van der Waals surface area (Å²) < 4.78 is 0. The van der Waals surface area contributed by atoms with Gasteiger partial charge in [-0.15, -0.1) is 0 Å². The Balaban J connectivity index is 2.06. The van der Waals surface area contributed by atoms with Crippen molar-refractivity contribution < 1.29 is 0 Å². The van der Waals surface area contributed by atoms with E-state index in [9.17, 15) is 0 Å². The Hall–Kier alpha value is -0.0800. The minimum Gasteiger partial charge on any atom is -0.313 e. The molecule has 1 saturated carbocycles. The van der Waals surface area contributed by atoms with Gasteiger partial charge in [0.1, 0.15) is 0 Å². The molecular formula is C16H32N2. The lowest BCUT2D eigenvalue weighted by Crippen LogP contribution is -2.58. The molecule has 0 spiro atoms. The third-order valence-corrected chi connectivity index (χ3v) is 5.27. The van der Waals surface area contributed by atoms with E-state index in [1.54, 1.807) is 0 Å². The molecule has 106 valence electrons. The van der Waals surface area contributed by atoms with E-state index in [-0.39, 0.29) is 0 Å². The Morgan fingerprint density at radius 3 is 2.56 bits per heavy atom. The number of piperidine rings is 1. The van der Waals surface area contributed by atoms with Gasteiger partial charge in [0.05, 0.1) is 0 Å². The van der Waals surface area contributed by atoms with Crippen molar-refractivity contribution >= 4 is 0 Å². The van der Waals surface area contributed by atoms with Gasteiger partial charge < -0.3 is 5.32 Å². The molecule has 18 heavy (non-hydrogen) atoms. The average molecular weight is 252 g/mol. The van der Waals surface area contributed by atoms with Crippen LogP contribution in [0.25, 0.3) is 0 Å². The van der Waals surface area contributed by atoms with Crippen molar-refractivity contribution in [3.63, 3.8) is 0 Å². The smallest absolute Gasteiger partial charge is 0.0252 e. The van der Waals surface area contributed by atoms with Crippen LogP contribution in [0.3, 0.4) is 0 Å². The first-order valence-corrected chi connectivity index (χ1v) is 8.12. The molecule has 1 aliphatic heterocycles. The van der Waals surface area contributed by atoms with Crippen LogP contribution in [0.4, 0.5) is 0 Å². The van der Waals surface area contributed by atoms with E-state index in [0.29, 0.717) is 0 Å². The zero-order chi connectivity index (χ0) is 13.1. The monoisotopic (exact) mass is 252 g/mol. The average Bonchev–Trinajstić information content (AvgIpc) is 2.35. The SMILES string of the molecule is CCNC1CCCCC1N1CC(C)CC(C)C1C. The van der Waals surface area contributed by atoms with Gasteiger partial charge in [0.2, 0.25) is 0 Å². The highest BCUT2D eigenvalue weighted by Gasteiger charge is 2.37. The summed E-state index contributed by atoms with van der Waals surface area (Å²) in [4.78, 5) is 2.84. The predicted octanol–water partition coefficient (Wildman–Crippen LogP) is 3.27.